The zero-order valence-electron chi connectivity index (χ0n) is 14.7. The predicted molar refractivity (Wildman–Crippen MR) is 83.7 cm³/mol. The van der Waals surface area contributed by atoms with Crippen LogP contribution in [0.3, 0.4) is 0 Å². The normalized spacial score (nSPS) is 10.7. The van der Waals surface area contributed by atoms with Gasteiger partial charge in [0.1, 0.15) is 0 Å². The van der Waals surface area contributed by atoms with Gasteiger partial charge in [0.2, 0.25) is 11.5 Å². The molecular weight excluding hydrogens is 363 g/mol. The van der Waals surface area contributed by atoms with Crippen molar-refractivity contribution in [2.24, 2.45) is 0 Å². The van der Waals surface area contributed by atoms with Gasteiger partial charge >= 0.3 is 29.6 Å². The average molecular weight is 378 g/mol. The molecule has 0 saturated heterocycles. The second-order valence-corrected chi connectivity index (χ2v) is 6.00. The largest absolute Gasteiger partial charge is 1.00 e. The number of hydrogen-bond donors (Lipinski definition) is 3. The van der Waals surface area contributed by atoms with Crippen molar-refractivity contribution in [3.63, 3.8) is 0 Å². The second kappa shape index (κ2) is 8.07. The molecule has 0 bridgehead atoms. The van der Waals surface area contributed by atoms with Crippen molar-refractivity contribution in [1.29, 1.82) is 0 Å². The first-order valence-corrected chi connectivity index (χ1v) is 7.95. The van der Waals surface area contributed by atoms with Crippen molar-refractivity contribution >= 4 is 15.9 Å². The molecule has 0 aliphatic heterocycles. The van der Waals surface area contributed by atoms with Gasteiger partial charge in [-0.25, -0.2) is 0 Å². The van der Waals surface area contributed by atoms with Gasteiger partial charge in [-0.15, -0.1) is 0 Å². The molecule has 0 aromatic heterocycles. The molecule has 10 heteroatoms. The molecule has 2 rings (SSSR count). The van der Waals surface area contributed by atoms with E-state index in [9.17, 15) is 28.0 Å². The first kappa shape index (κ1) is 21.3. The van der Waals surface area contributed by atoms with E-state index in [-0.39, 0.29) is 36.5 Å². The molecule has 8 nitrogen and oxygen atoms in total. The van der Waals surface area contributed by atoms with Gasteiger partial charge in [0.25, 0.3) is 10.1 Å². The summed E-state index contributed by atoms with van der Waals surface area (Å²) in [6.45, 7) is 0. The van der Waals surface area contributed by atoms with Crippen LogP contribution >= 0.6 is 0 Å². The Morgan fingerprint density at radius 3 is 1.96 bits per heavy atom. The molecular formula is C15H15NaO8S. The standard InChI is InChI=1S/C15H14O8S.Na.H/c1-22-13-12(18)11(17)9(10(16)8-6-4-3-5-7-8)15(14(13)23-2)24(19,20)21;;/h3-7,17-18H,1-2H3,(H,19,20,21);;/q;+1;-1. The summed E-state index contributed by atoms with van der Waals surface area (Å²) in [5, 5.41) is 20.1. The Morgan fingerprint density at radius 1 is 1.00 bits per heavy atom. The number of carbonyl (C=O) groups excluding carboxylic acids is 1. The molecule has 0 aliphatic rings. The van der Waals surface area contributed by atoms with Crippen LogP contribution in [0.4, 0.5) is 0 Å². The van der Waals surface area contributed by atoms with Gasteiger partial charge in [0, 0.05) is 5.56 Å². The van der Waals surface area contributed by atoms with Crippen molar-refractivity contribution < 1.29 is 68.4 Å². The van der Waals surface area contributed by atoms with Gasteiger partial charge in [0.05, 0.1) is 19.8 Å². The zero-order valence-corrected chi connectivity index (χ0v) is 16.5. The maximum atomic E-state index is 12.6. The van der Waals surface area contributed by atoms with E-state index in [1.54, 1.807) is 6.07 Å². The summed E-state index contributed by atoms with van der Waals surface area (Å²) in [7, 11) is -2.86. The average Bonchev–Trinajstić information content (AvgIpc) is 2.55. The summed E-state index contributed by atoms with van der Waals surface area (Å²) in [6.07, 6.45) is 0. The Hall–Kier alpha value is -1.78. The third kappa shape index (κ3) is 3.91. The fourth-order valence-corrected chi connectivity index (χ4v) is 3.08. The number of ether oxygens (including phenoxy) is 2. The molecule has 0 spiro atoms. The maximum absolute atomic E-state index is 12.6. The van der Waals surface area contributed by atoms with Crippen molar-refractivity contribution in [2.75, 3.05) is 14.2 Å². The van der Waals surface area contributed by atoms with E-state index in [1.165, 1.54) is 24.3 Å². The summed E-state index contributed by atoms with van der Waals surface area (Å²) >= 11 is 0. The van der Waals surface area contributed by atoms with Crippen molar-refractivity contribution in [1.82, 2.24) is 0 Å². The number of phenolic OH excluding ortho intramolecular Hbond substituents is 2. The minimum atomic E-state index is -5.00. The van der Waals surface area contributed by atoms with Crippen LogP contribution in [0.15, 0.2) is 35.2 Å². The Bertz CT molecular complexity index is 900. The molecule has 25 heavy (non-hydrogen) atoms. The Kier molecular flexibility index (Phi) is 6.86. The van der Waals surface area contributed by atoms with Crippen LogP contribution in [0.1, 0.15) is 17.3 Å². The van der Waals surface area contributed by atoms with E-state index in [1.807, 2.05) is 0 Å². The molecule has 0 radical (unpaired) electrons. The molecule has 0 atom stereocenters. The number of phenols is 2. The van der Waals surface area contributed by atoms with E-state index in [0.717, 1.165) is 14.2 Å². The summed E-state index contributed by atoms with van der Waals surface area (Å²) in [5.41, 5.74) is -0.789. The van der Waals surface area contributed by atoms with Crippen LogP contribution in [-0.2, 0) is 10.1 Å². The van der Waals surface area contributed by atoms with Crippen LogP contribution in [0.2, 0.25) is 0 Å². The predicted octanol–water partition coefficient (Wildman–Crippen LogP) is -1.29. The summed E-state index contributed by atoms with van der Waals surface area (Å²) < 4.78 is 42.7. The molecule has 0 heterocycles. The van der Waals surface area contributed by atoms with Crippen molar-refractivity contribution in [2.45, 2.75) is 4.90 Å². The molecule has 2 aromatic rings. The minimum Gasteiger partial charge on any atom is -1.00 e. The molecule has 0 unspecified atom stereocenters. The molecule has 0 aliphatic carbocycles. The van der Waals surface area contributed by atoms with E-state index in [2.05, 4.69) is 0 Å². The van der Waals surface area contributed by atoms with E-state index in [0.29, 0.717) is 0 Å². The molecule has 130 valence electrons. The Morgan fingerprint density at radius 2 is 1.52 bits per heavy atom. The number of rotatable bonds is 5. The Balaban J connectivity index is 0.00000312. The van der Waals surface area contributed by atoms with Crippen LogP contribution in [0, 0.1) is 0 Å². The molecule has 0 amide bonds. The van der Waals surface area contributed by atoms with E-state index >= 15 is 0 Å². The zero-order chi connectivity index (χ0) is 18.1. The third-order valence-electron chi connectivity index (χ3n) is 3.24. The molecule has 0 fully saturated rings. The van der Waals surface area contributed by atoms with Crippen LogP contribution in [0.25, 0.3) is 0 Å². The van der Waals surface area contributed by atoms with Gasteiger partial charge in [-0.05, 0) is 0 Å². The molecule has 2 aromatic carbocycles. The summed E-state index contributed by atoms with van der Waals surface area (Å²) in [6, 6.07) is 7.44. The van der Waals surface area contributed by atoms with Crippen molar-refractivity contribution in [3.05, 3.63) is 41.5 Å². The SMILES string of the molecule is COc1c(O)c(O)c(C(=O)c2ccccc2)c(S(=O)(=O)O)c1OC.[H-].[Na+]. The summed E-state index contributed by atoms with van der Waals surface area (Å²) in [4.78, 5) is 11.6. The number of aromatic hydroxyl groups is 2. The fraction of sp³-hybridized carbons (Fsp3) is 0.133. The van der Waals surface area contributed by atoms with Crippen molar-refractivity contribution in [3.8, 4) is 23.0 Å². The van der Waals surface area contributed by atoms with Gasteiger partial charge in [0.15, 0.2) is 22.2 Å². The quantitative estimate of drug-likeness (QED) is 0.254. The van der Waals surface area contributed by atoms with E-state index < -0.39 is 49.4 Å². The second-order valence-electron chi connectivity index (χ2n) is 4.64. The fourth-order valence-electron chi connectivity index (χ4n) is 2.22. The first-order chi connectivity index (χ1) is 11.2. The number of hydrogen-bond acceptors (Lipinski definition) is 7. The molecule has 3 N–H and O–H groups in total. The maximum Gasteiger partial charge on any atom is 1.00 e. The smallest absolute Gasteiger partial charge is 1.00 e. The van der Waals surface area contributed by atoms with Gasteiger partial charge in [-0.3, -0.25) is 9.35 Å². The van der Waals surface area contributed by atoms with E-state index in [4.69, 9.17) is 9.47 Å². The minimum absolute atomic E-state index is 0. The number of carbonyl (C=O) groups is 1. The van der Waals surface area contributed by atoms with Crippen LogP contribution in [0.5, 0.6) is 23.0 Å². The summed E-state index contributed by atoms with van der Waals surface area (Å²) in [5.74, 6) is -4.01. The Labute approximate surface area is 167 Å². The van der Waals surface area contributed by atoms with Crippen LogP contribution < -0.4 is 39.0 Å². The third-order valence-corrected chi connectivity index (χ3v) is 4.15. The first-order valence-electron chi connectivity index (χ1n) is 6.51. The van der Waals surface area contributed by atoms with Gasteiger partial charge < -0.3 is 21.1 Å². The van der Waals surface area contributed by atoms with Gasteiger partial charge in [-0.2, -0.15) is 8.42 Å². The topological polar surface area (TPSA) is 130 Å². The number of benzene rings is 2. The monoisotopic (exact) mass is 378 g/mol. The number of ketones is 1. The number of methoxy groups -OCH3 is 2. The van der Waals surface area contributed by atoms with Gasteiger partial charge in [-0.1, -0.05) is 30.3 Å². The molecule has 0 saturated carbocycles. The van der Waals surface area contributed by atoms with Crippen LogP contribution in [-0.4, -0.2) is 43.2 Å².